The van der Waals surface area contributed by atoms with Gasteiger partial charge in [-0.3, -0.25) is 4.68 Å². The first kappa shape index (κ1) is 15.6. The van der Waals surface area contributed by atoms with Crippen molar-refractivity contribution in [3.63, 3.8) is 0 Å². The number of aryl methyl sites for hydroxylation is 2. The van der Waals surface area contributed by atoms with Gasteiger partial charge in [0.1, 0.15) is 0 Å². The van der Waals surface area contributed by atoms with Crippen LogP contribution in [0.2, 0.25) is 0 Å². The molecule has 1 heterocycles. The monoisotopic (exact) mass is 298 g/mol. The van der Waals surface area contributed by atoms with E-state index >= 15 is 0 Å². The third-order valence-corrected chi connectivity index (χ3v) is 3.37. The second-order valence-electron chi connectivity index (χ2n) is 4.81. The van der Waals surface area contributed by atoms with E-state index in [4.69, 9.17) is 0 Å². The van der Waals surface area contributed by atoms with Crippen LogP contribution >= 0.6 is 0 Å². The summed E-state index contributed by atoms with van der Waals surface area (Å²) in [6, 6.07) is 3.48. The Bertz CT molecular complexity index is 617. The summed E-state index contributed by atoms with van der Waals surface area (Å²) >= 11 is 0. The van der Waals surface area contributed by atoms with Crippen LogP contribution in [-0.4, -0.2) is 14.9 Å². The van der Waals surface area contributed by atoms with Crippen molar-refractivity contribution in [3.05, 3.63) is 52.6 Å². The van der Waals surface area contributed by atoms with Gasteiger partial charge in [0, 0.05) is 18.7 Å². The number of aliphatic hydroxyl groups is 1. The SMILES string of the molecule is CCc1cc(CC(O)c2cc(F)c(F)c(F)c2)n(CC)n1. The lowest BCUT2D eigenvalue weighted by Crippen LogP contribution is -2.09. The number of rotatable bonds is 5. The molecule has 2 rings (SSSR count). The second kappa shape index (κ2) is 6.30. The van der Waals surface area contributed by atoms with Crippen LogP contribution in [0.5, 0.6) is 0 Å². The Hall–Kier alpha value is -1.82. The first-order valence-electron chi connectivity index (χ1n) is 6.84. The molecular formula is C15H17F3N2O. The Morgan fingerprint density at radius 2 is 1.76 bits per heavy atom. The molecule has 1 aromatic heterocycles. The third-order valence-electron chi connectivity index (χ3n) is 3.37. The van der Waals surface area contributed by atoms with E-state index in [1.807, 2.05) is 19.9 Å². The van der Waals surface area contributed by atoms with Crippen molar-refractivity contribution in [3.8, 4) is 0 Å². The Kier molecular flexibility index (Phi) is 4.67. The lowest BCUT2D eigenvalue weighted by atomic mass is 10.0. The van der Waals surface area contributed by atoms with Gasteiger partial charge in [0.2, 0.25) is 0 Å². The molecule has 1 N–H and O–H groups in total. The highest BCUT2D eigenvalue weighted by Gasteiger charge is 2.18. The van der Waals surface area contributed by atoms with E-state index in [0.29, 0.717) is 6.54 Å². The molecule has 0 saturated carbocycles. The van der Waals surface area contributed by atoms with Gasteiger partial charge < -0.3 is 5.11 Å². The maximum Gasteiger partial charge on any atom is 0.194 e. The normalized spacial score (nSPS) is 12.7. The first-order valence-corrected chi connectivity index (χ1v) is 6.84. The van der Waals surface area contributed by atoms with E-state index < -0.39 is 23.6 Å². The van der Waals surface area contributed by atoms with Crippen LogP contribution in [0.4, 0.5) is 13.2 Å². The molecule has 21 heavy (non-hydrogen) atoms. The zero-order valence-electron chi connectivity index (χ0n) is 11.9. The Morgan fingerprint density at radius 3 is 2.29 bits per heavy atom. The van der Waals surface area contributed by atoms with E-state index in [9.17, 15) is 18.3 Å². The largest absolute Gasteiger partial charge is 0.388 e. The van der Waals surface area contributed by atoms with Crippen molar-refractivity contribution in [1.29, 1.82) is 0 Å². The summed E-state index contributed by atoms with van der Waals surface area (Å²) in [7, 11) is 0. The summed E-state index contributed by atoms with van der Waals surface area (Å²) in [4.78, 5) is 0. The lowest BCUT2D eigenvalue weighted by molar-refractivity contribution is 0.174. The van der Waals surface area contributed by atoms with Gasteiger partial charge in [-0.15, -0.1) is 0 Å². The Morgan fingerprint density at radius 1 is 1.14 bits per heavy atom. The van der Waals surface area contributed by atoms with Gasteiger partial charge >= 0.3 is 0 Å². The maximum absolute atomic E-state index is 13.2. The summed E-state index contributed by atoms with van der Waals surface area (Å²) < 4.78 is 41.1. The molecule has 0 amide bonds. The highest BCUT2D eigenvalue weighted by molar-refractivity contribution is 5.23. The quantitative estimate of drug-likeness (QED) is 0.861. The van der Waals surface area contributed by atoms with Crippen LogP contribution in [0, 0.1) is 17.5 Å². The zero-order valence-corrected chi connectivity index (χ0v) is 11.9. The van der Waals surface area contributed by atoms with E-state index in [1.165, 1.54) is 0 Å². The molecule has 1 atom stereocenters. The fourth-order valence-electron chi connectivity index (χ4n) is 2.21. The summed E-state index contributed by atoms with van der Waals surface area (Å²) in [6.07, 6.45) is -0.206. The molecule has 0 saturated heterocycles. The fourth-order valence-corrected chi connectivity index (χ4v) is 2.21. The smallest absolute Gasteiger partial charge is 0.194 e. The minimum absolute atomic E-state index is 0.00769. The van der Waals surface area contributed by atoms with Crippen molar-refractivity contribution in [2.45, 2.75) is 39.3 Å². The van der Waals surface area contributed by atoms with Gasteiger partial charge in [-0.25, -0.2) is 13.2 Å². The van der Waals surface area contributed by atoms with E-state index in [1.54, 1.807) is 4.68 Å². The van der Waals surface area contributed by atoms with Gasteiger partial charge in [-0.05, 0) is 37.1 Å². The van der Waals surface area contributed by atoms with Crippen LogP contribution in [0.1, 0.15) is 36.9 Å². The zero-order chi connectivity index (χ0) is 15.6. The van der Waals surface area contributed by atoms with Gasteiger partial charge in [0.15, 0.2) is 17.5 Å². The fraction of sp³-hybridized carbons (Fsp3) is 0.400. The molecule has 0 aliphatic heterocycles. The van der Waals surface area contributed by atoms with E-state index in [-0.39, 0.29) is 12.0 Å². The summed E-state index contributed by atoms with van der Waals surface area (Å²) in [5.41, 5.74) is 1.66. The molecule has 2 aromatic rings. The number of aliphatic hydroxyl groups excluding tert-OH is 1. The standard InChI is InChI=1S/C15H17F3N2O/c1-3-10-7-11(20(4-2)19-10)8-14(21)9-5-12(16)15(18)13(17)6-9/h5-7,14,21H,3-4,8H2,1-2H3. The highest BCUT2D eigenvalue weighted by Crippen LogP contribution is 2.23. The molecule has 0 radical (unpaired) electrons. The second-order valence-corrected chi connectivity index (χ2v) is 4.81. The number of benzene rings is 1. The number of halogens is 3. The molecule has 1 aromatic carbocycles. The minimum atomic E-state index is -1.53. The molecule has 0 fully saturated rings. The van der Waals surface area contributed by atoms with Crippen LogP contribution < -0.4 is 0 Å². The molecule has 3 nitrogen and oxygen atoms in total. The molecule has 6 heteroatoms. The predicted molar refractivity (Wildman–Crippen MR) is 72.3 cm³/mol. The molecule has 1 unspecified atom stereocenters. The van der Waals surface area contributed by atoms with Crippen molar-refractivity contribution < 1.29 is 18.3 Å². The molecule has 0 spiro atoms. The number of aromatic nitrogens is 2. The topological polar surface area (TPSA) is 38.0 Å². The van der Waals surface area contributed by atoms with Gasteiger partial charge in [0.05, 0.1) is 11.8 Å². The van der Waals surface area contributed by atoms with Crippen LogP contribution in [0.25, 0.3) is 0 Å². The van der Waals surface area contributed by atoms with Gasteiger partial charge in [0.25, 0.3) is 0 Å². The van der Waals surface area contributed by atoms with Crippen molar-refractivity contribution in [1.82, 2.24) is 9.78 Å². The number of nitrogens with zero attached hydrogens (tertiary/aromatic N) is 2. The average molecular weight is 298 g/mol. The number of hydrogen-bond acceptors (Lipinski definition) is 2. The molecule has 114 valence electrons. The van der Waals surface area contributed by atoms with Gasteiger partial charge in [-0.2, -0.15) is 5.10 Å². The van der Waals surface area contributed by atoms with Crippen LogP contribution in [0.15, 0.2) is 18.2 Å². The highest BCUT2D eigenvalue weighted by atomic mass is 19.2. The Labute approximate surface area is 121 Å². The Balaban J connectivity index is 2.25. The molecule has 0 bridgehead atoms. The van der Waals surface area contributed by atoms with Crippen molar-refractivity contribution >= 4 is 0 Å². The average Bonchev–Trinajstić information content (AvgIpc) is 2.86. The van der Waals surface area contributed by atoms with Crippen molar-refractivity contribution in [2.24, 2.45) is 0 Å². The molecule has 0 aliphatic rings. The summed E-state index contributed by atoms with van der Waals surface area (Å²) in [5, 5.41) is 14.5. The van der Waals surface area contributed by atoms with Crippen molar-refractivity contribution in [2.75, 3.05) is 0 Å². The summed E-state index contributed by atoms with van der Waals surface area (Å²) in [6.45, 7) is 4.51. The predicted octanol–water partition coefficient (Wildman–Crippen LogP) is 3.16. The van der Waals surface area contributed by atoms with Crippen LogP contribution in [0.3, 0.4) is 0 Å². The number of hydrogen-bond donors (Lipinski definition) is 1. The third kappa shape index (κ3) is 3.26. The van der Waals surface area contributed by atoms with E-state index in [0.717, 1.165) is 29.9 Å². The first-order chi connectivity index (χ1) is 9.96. The maximum atomic E-state index is 13.2. The van der Waals surface area contributed by atoms with Crippen LogP contribution in [-0.2, 0) is 19.4 Å². The minimum Gasteiger partial charge on any atom is -0.388 e. The lowest BCUT2D eigenvalue weighted by Gasteiger charge is -2.12. The molecular weight excluding hydrogens is 281 g/mol. The summed E-state index contributed by atoms with van der Waals surface area (Å²) in [5.74, 6) is -4.14. The molecule has 0 aliphatic carbocycles. The van der Waals surface area contributed by atoms with Gasteiger partial charge in [-0.1, -0.05) is 6.92 Å². The van der Waals surface area contributed by atoms with E-state index in [2.05, 4.69) is 5.10 Å².